The minimum atomic E-state index is -0.458. The molecule has 0 aliphatic heterocycles. The summed E-state index contributed by atoms with van der Waals surface area (Å²) in [5.74, 6) is 0.758. The molecule has 2 aromatic rings. The molecule has 0 amide bonds. The van der Waals surface area contributed by atoms with Gasteiger partial charge in [-0.05, 0) is 5.41 Å². The first-order valence-corrected chi connectivity index (χ1v) is 6.60. The highest BCUT2D eigenvalue weighted by Gasteiger charge is 2.23. The van der Waals surface area contributed by atoms with Crippen molar-refractivity contribution in [1.82, 2.24) is 10.1 Å². The predicted octanol–water partition coefficient (Wildman–Crippen LogP) is 2.56. The monoisotopic (exact) mass is 290 g/mol. The molecule has 2 rings (SSSR count). The second-order valence-electron chi connectivity index (χ2n) is 6.00. The Labute approximate surface area is 122 Å². The van der Waals surface area contributed by atoms with Crippen LogP contribution in [0.25, 0.3) is 11.4 Å². The lowest BCUT2D eigenvalue weighted by molar-refractivity contribution is -0.384. The average molecular weight is 290 g/mol. The van der Waals surface area contributed by atoms with Gasteiger partial charge in [-0.3, -0.25) is 10.1 Å². The highest BCUT2D eigenvalue weighted by atomic mass is 16.6. The fraction of sp³-hybridized carbons (Fsp3) is 0.429. The normalized spacial score (nSPS) is 13.1. The Morgan fingerprint density at radius 2 is 2.14 bits per heavy atom. The average Bonchev–Trinajstić information content (AvgIpc) is 2.86. The Morgan fingerprint density at radius 3 is 2.76 bits per heavy atom. The predicted molar refractivity (Wildman–Crippen MR) is 77.5 cm³/mol. The van der Waals surface area contributed by atoms with Crippen LogP contribution >= 0.6 is 0 Å². The molecule has 1 aromatic carbocycles. The highest BCUT2D eigenvalue weighted by Crippen LogP contribution is 2.23. The molecule has 0 aliphatic rings. The van der Waals surface area contributed by atoms with E-state index >= 15 is 0 Å². The zero-order chi connectivity index (χ0) is 15.6. The van der Waals surface area contributed by atoms with Crippen molar-refractivity contribution >= 4 is 5.69 Å². The molecule has 21 heavy (non-hydrogen) atoms. The summed E-state index contributed by atoms with van der Waals surface area (Å²) < 4.78 is 5.17. The number of hydrogen-bond donors (Lipinski definition) is 1. The van der Waals surface area contributed by atoms with E-state index in [1.165, 1.54) is 12.1 Å². The maximum absolute atomic E-state index is 10.8. The summed E-state index contributed by atoms with van der Waals surface area (Å²) >= 11 is 0. The van der Waals surface area contributed by atoms with Crippen molar-refractivity contribution in [2.24, 2.45) is 11.1 Å². The Balaban J connectivity index is 2.20. The summed E-state index contributed by atoms with van der Waals surface area (Å²) in [5, 5.41) is 14.6. The van der Waals surface area contributed by atoms with Gasteiger partial charge in [0.2, 0.25) is 11.7 Å². The largest absolute Gasteiger partial charge is 0.339 e. The second-order valence-corrected chi connectivity index (χ2v) is 6.00. The molecule has 1 aromatic heterocycles. The molecule has 1 heterocycles. The quantitative estimate of drug-likeness (QED) is 0.684. The van der Waals surface area contributed by atoms with Crippen molar-refractivity contribution < 1.29 is 9.45 Å². The van der Waals surface area contributed by atoms with E-state index in [4.69, 9.17) is 10.3 Å². The summed E-state index contributed by atoms with van der Waals surface area (Å²) in [6.45, 7) is 6.11. The van der Waals surface area contributed by atoms with Gasteiger partial charge < -0.3 is 10.3 Å². The first kappa shape index (κ1) is 15.1. The van der Waals surface area contributed by atoms with Crippen LogP contribution in [0.1, 0.15) is 26.7 Å². The van der Waals surface area contributed by atoms with Gasteiger partial charge in [-0.2, -0.15) is 4.98 Å². The van der Waals surface area contributed by atoms with Gasteiger partial charge in [0.05, 0.1) is 4.92 Å². The number of nitrogens with two attached hydrogens (primary N) is 1. The number of hydrogen-bond acceptors (Lipinski definition) is 6. The Bertz CT molecular complexity index is 646. The van der Waals surface area contributed by atoms with Gasteiger partial charge in [-0.25, -0.2) is 0 Å². The van der Waals surface area contributed by atoms with E-state index in [0.29, 0.717) is 23.7 Å². The van der Waals surface area contributed by atoms with E-state index in [0.717, 1.165) is 0 Å². The number of rotatable bonds is 4. The summed E-state index contributed by atoms with van der Waals surface area (Å²) in [7, 11) is 0. The van der Waals surface area contributed by atoms with Crippen LogP contribution in [0.4, 0.5) is 5.69 Å². The van der Waals surface area contributed by atoms with Crippen LogP contribution in [0.15, 0.2) is 28.8 Å². The van der Waals surface area contributed by atoms with Crippen molar-refractivity contribution in [2.45, 2.75) is 33.2 Å². The fourth-order valence-electron chi connectivity index (χ4n) is 1.71. The summed E-state index contributed by atoms with van der Waals surface area (Å²) in [5.41, 5.74) is 6.54. The van der Waals surface area contributed by atoms with Crippen molar-refractivity contribution in [3.05, 3.63) is 40.3 Å². The first-order chi connectivity index (χ1) is 9.77. The third-order valence-corrected chi connectivity index (χ3v) is 3.29. The van der Waals surface area contributed by atoms with Gasteiger partial charge in [0.15, 0.2) is 0 Å². The Morgan fingerprint density at radius 1 is 1.43 bits per heavy atom. The Hall–Kier alpha value is -2.28. The lowest BCUT2D eigenvalue weighted by Gasteiger charge is -2.25. The van der Waals surface area contributed by atoms with Crippen molar-refractivity contribution in [2.75, 3.05) is 0 Å². The second kappa shape index (κ2) is 5.61. The van der Waals surface area contributed by atoms with Gasteiger partial charge in [0, 0.05) is 30.2 Å². The van der Waals surface area contributed by atoms with Crippen LogP contribution in [-0.2, 0) is 6.42 Å². The summed E-state index contributed by atoms with van der Waals surface area (Å²) in [6.07, 6.45) is 0.464. The summed E-state index contributed by atoms with van der Waals surface area (Å²) in [6, 6.07) is 6.00. The number of nitro benzene ring substituents is 1. The molecule has 0 saturated heterocycles. The van der Waals surface area contributed by atoms with E-state index in [2.05, 4.69) is 10.1 Å². The molecule has 2 N–H and O–H groups in total. The van der Waals surface area contributed by atoms with Crippen molar-refractivity contribution in [3.8, 4) is 11.4 Å². The summed E-state index contributed by atoms with van der Waals surface area (Å²) in [4.78, 5) is 14.6. The lowest BCUT2D eigenvalue weighted by Crippen LogP contribution is -2.36. The molecule has 0 aliphatic carbocycles. The molecule has 7 nitrogen and oxygen atoms in total. The molecular weight excluding hydrogens is 272 g/mol. The first-order valence-electron chi connectivity index (χ1n) is 6.60. The number of aromatic nitrogens is 2. The van der Waals surface area contributed by atoms with E-state index in [1.54, 1.807) is 12.1 Å². The number of nitro groups is 1. The molecule has 112 valence electrons. The molecule has 0 fully saturated rings. The maximum Gasteiger partial charge on any atom is 0.270 e. The van der Waals surface area contributed by atoms with E-state index in [9.17, 15) is 10.1 Å². The molecule has 1 atom stereocenters. The van der Waals surface area contributed by atoms with Gasteiger partial charge >= 0.3 is 0 Å². The van der Waals surface area contributed by atoms with Gasteiger partial charge in [0.25, 0.3) is 5.69 Å². The zero-order valence-electron chi connectivity index (χ0n) is 12.2. The van der Waals surface area contributed by atoms with Gasteiger partial charge in [-0.1, -0.05) is 38.1 Å². The third kappa shape index (κ3) is 3.63. The number of benzene rings is 1. The van der Waals surface area contributed by atoms with Crippen LogP contribution in [0.3, 0.4) is 0 Å². The molecule has 0 radical (unpaired) electrons. The van der Waals surface area contributed by atoms with Crippen LogP contribution in [0.5, 0.6) is 0 Å². The topological polar surface area (TPSA) is 108 Å². The molecule has 1 unspecified atom stereocenters. The molecular formula is C14H18N4O3. The number of nitrogens with zero attached hydrogens (tertiary/aromatic N) is 3. The van der Waals surface area contributed by atoms with Crippen molar-refractivity contribution in [3.63, 3.8) is 0 Å². The third-order valence-electron chi connectivity index (χ3n) is 3.29. The standard InChI is InChI=1S/C14H18N4O3/c1-14(2,3)11(15)8-12-16-13(17-21-12)9-5-4-6-10(7-9)18(19)20/h4-7,11H,8,15H2,1-3H3. The Kier molecular flexibility index (Phi) is 4.04. The molecule has 0 saturated carbocycles. The maximum atomic E-state index is 10.8. The van der Waals surface area contributed by atoms with Crippen LogP contribution in [0, 0.1) is 15.5 Å². The lowest BCUT2D eigenvalue weighted by atomic mass is 9.85. The molecule has 0 bridgehead atoms. The van der Waals surface area contributed by atoms with E-state index in [-0.39, 0.29) is 17.1 Å². The minimum absolute atomic E-state index is 0.00903. The molecule has 7 heteroatoms. The minimum Gasteiger partial charge on any atom is -0.339 e. The van der Waals surface area contributed by atoms with Gasteiger partial charge in [0.1, 0.15) is 0 Å². The van der Waals surface area contributed by atoms with Crippen molar-refractivity contribution in [1.29, 1.82) is 0 Å². The smallest absolute Gasteiger partial charge is 0.270 e. The number of non-ortho nitro benzene ring substituents is 1. The van der Waals surface area contributed by atoms with Crippen LogP contribution in [-0.4, -0.2) is 21.1 Å². The fourth-order valence-corrected chi connectivity index (χ4v) is 1.71. The highest BCUT2D eigenvalue weighted by molar-refractivity contribution is 5.58. The van der Waals surface area contributed by atoms with Crippen LogP contribution < -0.4 is 5.73 Å². The van der Waals surface area contributed by atoms with Gasteiger partial charge in [-0.15, -0.1) is 0 Å². The molecule has 0 spiro atoms. The van der Waals surface area contributed by atoms with E-state index < -0.39 is 4.92 Å². The SMILES string of the molecule is CC(C)(C)C(N)Cc1nc(-c2cccc([N+](=O)[O-])c2)no1. The zero-order valence-corrected chi connectivity index (χ0v) is 12.2. The van der Waals surface area contributed by atoms with E-state index in [1.807, 2.05) is 20.8 Å². The van der Waals surface area contributed by atoms with Crippen LogP contribution in [0.2, 0.25) is 0 Å².